The van der Waals surface area contributed by atoms with Crippen molar-refractivity contribution in [3.05, 3.63) is 0 Å². The number of rotatable bonds is 3. The van der Waals surface area contributed by atoms with Crippen LogP contribution in [0.4, 0.5) is 0 Å². The lowest BCUT2D eigenvalue weighted by Crippen LogP contribution is -2.24. The summed E-state index contributed by atoms with van der Waals surface area (Å²) in [5, 5.41) is 0. The highest BCUT2D eigenvalue weighted by atomic mass is 127. The first-order chi connectivity index (χ1) is 3.31. The normalized spacial score (nSPS) is 10.3. The second-order valence-corrected chi connectivity index (χ2v) is 2.23. The van der Waals surface area contributed by atoms with Crippen molar-refractivity contribution in [2.75, 3.05) is 20.3 Å². The summed E-state index contributed by atoms with van der Waals surface area (Å²) < 4.78 is 3.01. The van der Waals surface area contributed by atoms with Crippen LogP contribution in [0.15, 0.2) is 0 Å². The van der Waals surface area contributed by atoms with Crippen LogP contribution in [0.25, 0.3) is 0 Å². The Morgan fingerprint density at radius 2 is 2.29 bits per heavy atom. The van der Waals surface area contributed by atoms with Crippen LogP contribution in [0.3, 0.4) is 0 Å². The molecular formula is C4H11IN2. The molecule has 0 rings (SSSR count). The molecule has 3 heteroatoms. The Hall–Kier alpha value is 0.650. The molecule has 0 aromatic heterocycles. The van der Waals surface area contributed by atoms with Gasteiger partial charge in [0.25, 0.3) is 0 Å². The lowest BCUT2D eigenvalue weighted by molar-refractivity contribution is 0.357. The molecule has 0 aliphatic carbocycles. The number of hydrogen-bond acceptors (Lipinski definition) is 2. The van der Waals surface area contributed by atoms with E-state index in [9.17, 15) is 0 Å². The summed E-state index contributed by atoms with van der Waals surface area (Å²) in [4.78, 5) is 2.19. The predicted molar refractivity (Wildman–Crippen MR) is 40.3 cm³/mol. The average Bonchev–Trinajstić information content (AvgIpc) is 1.68. The maximum atomic E-state index is 3.01. The molecule has 0 unspecified atom stereocenters. The second kappa shape index (κ2) is 4.80. The molecule has 0 aliphatic heterocycles. The zero-order chi connectivity index (χ0) is 5.70. The molecule has 0 amide bonds. The summed E-state index contributed by atoms with van der Waals surface area (Å²) in [6, 6.07) is 0. The van der Waals surface area contributed by atoms with Crippen molar-refractivity contribution in [2.24, 2.45) is 0 Å². The van der Waals surface area contributed by atoms with Crippen LogP contribution in [0.1, 0.15) is 6.92 Å². The van der Waals surface area contributed by atoms with Gasteiger partial charge in [0.2, 0.25) is 0 Å². The van der Waals surface area contributed by atoms with Gasteiger partial charge >= 0.3 is 0 Å². The molecule has 0 bridgehead atoms. The van der Waals surface area contributed by atoms with Gasteiger partial charge in [0.1, 0.15) is 0 Å². The van der Waals surface area contributed by atoms with E-state index in [1.165, 1.54) is 0 Å². The van der Waals surface area contributed by atoms with Crippen molar-refractivity contribution in [1.29, 1.82) is 0 Å². The Balaban J connectivity index is 2.83. The van der Waals surface area contributed by atoms with Gasteiger partial charge in [-0.3, -0.25) is 4.90 Å². The molecule has 2 nitrogen and oxygen atoms in total. The van der Waals surface area contributed by atoms with E-state index < -0.39 is 0 Å². The summed E-state index contributed by atoms with van der Waals surface area (Å²) in [7, 11) is 2.08. The minimum Gasteiger partial charge on any atom is -0.293 e. The van der Waals surface area contributed by atoms with E-state index in [0.29, 0.717) is 0 Å². The lowest BCUT2D eigenvalue weighted by Gasteiger charge is -2.10. The average molecular weight is 214 g/mol. The molecule has 0 aromatic carbocycles. The number of hydrogen-bond donors (Lipinski definition) is 1. The molecule has 0 spiro atoms. The number of halogens is 1. The zero-order valence-electron chi connectivity index (χ0n) is 4.74. The fourth-order valence-corrected chi connectivity index (χ4v) is 0.796. The molecule has 0 aliphatic rings. The Morgan fingerprint density at radius 3 is 2.43 bits per heavy atom. The molecule has 0 saturated heterocycles. The topological polar surface area (TPSA) is 15.3 Å². The maximum absolute atomic E-state index is 3.01. The molecule has 0 fully saturated rings. The van der Waals surface area contributed by atoms with Crippen LogP contribution in [0.2, 0.25) is 0 Å². The van der Waals surface area contributed by atoms with Crippen molar-refractivity contribution in [3.63, 3.8) is 0 Å². The summed E-state index contributed by atoms with van der Waals surface area (Å²) in [5.74, 6) is 0. The SMILES string of the molecule is CCN(C)CNI. The van der Waals surface area contributed by atoms with Crippen molar-refractivity contribution in [1.82, 2.24) is 8.43 Å². The second-order valence-electron chi connectivity index (χ2n) is 1.46. The van der Waals surface area contributed by atoms with E-state index in [4.69, 9.17) is 0 Å². The van der Waals surface area contributed by atoms with E-state index in [0.717, 1.165) is 13.2 Å². The van der Waals surface area contributed by atoms with Gasteiger partial charge in [-0.1, -0.05) is 6.92 Å². The predicted octanol–water partition coefficient (Wildman–Crippen LogP) is 0.835. The van der Waals surface area contributed by atoms with E-state index in [1.54, 1.807) is 0 Å². The van der Waals surface area contributed by atoms with E-state index in [1.807, 2.05) is 0 Å². The molecule has 0 aromatic rings. The summed E-state index contributed by atoms with van der Waals surface area (Å²) in [6.45, 7) is 4.21. The summed E-state index contributed by atoms with van der Waals surface area (Å²) >= 11 is 2.13. The van der Waals surface area contributed by atoms with Gasteiger partial charge in [0, 0.05) is 22.9 Å². The van der Waals surface area contributed by atoms with Crippen molar-refractivity contribution >= 4 is 22.9 Å². The van der Waals surface area contributed by atoms with Crippen LogP contribution in [0.5, 0.6) is 0 Å². The van der Waals surface area contributed by atoms with E-state index >= 15 is 0 Å². The van der Waals surface area contributed by atoms with E-state index in [2.05, 4.69) is 45.3 Å². The third kappa shape index (κ3) is 4.50. The Morgan fingerprint density at radius 1 is 1.71 bits per heavy atom. The maximum Gasteiger partial charge on any atom is 0.0567 e. The number of nitrogens with zero attached hydrogens (tertiary/aromatic N) is 1. The van der Waals surface area contributed by atoms with E-state index in [-0.39, 0.29) is 0 Å². The van der Waals surface area contributed by atoms with Crippen molar-refractivity contribution < 1.29 is 0 Å². The zero-order valence-corrected chi connectivity index (χ0v) is 6.90. The fraction of sp³-hybridized carbons (Fsp3) is 1.00. The van der Waals surface area contributed by atoms with Crippen LogP contribution >= 0.6 is 22.9 Å². The molecule has 0 radical (unpaired) electrons. The first kappa shape index (κ1) is 7.65. The first-order valence-electron chi connectivity index (χ1n) is 2.33. The molecule has 7 heavy (non-hydrogen) atoms. The fourth-order valence-electron chi connectivity index (χ4n) is 0.214. The number of nitrogens with one attached hydrogen (secondary N) is 1. The molecule has 1 N–H and O–H groups in total. The van der Waals surface area contributed by atoms with Crippen LogP contribution < -0.4 is 3.53 Å². The van der Waals surface area contributed by atoms with Crippen LogP contribution in [-0.4, -0.2) is 25.2 Å². The molecule has 0 saturated carbocycles. The Bertz CT molecular complexity index is 40.7. The summed E-state index contributed by atoms with van der Waals surface area (Å²) in [5.41, 5.74) is 0. The van der Waals surface area contributed by atoms with Gasteiger partial charge in [-0.2, -0.15) is 0 Å². The molecule has 0 atom stereocenters. The van der Waals surface area contributed by atoms with Gasteiger partial charge in [0.05, 0.1) is 6.67 Å². The van der Waals surface area contributed by atoms with Gasteiger partial charge in [-0.15, -0.1) is 0 Å². The van der Waals surface area contributed by atoms with Crippen LogP contribution in [-0.2, 0) is 0 Å². The van der Waals surface area contributed by atoms with Gasteiger partial charge in [-0.25, -0.2) is 3.53 Å². The monoisotopic (exact) mass is 214 g/mol. The highest BCUT2D eigenvalue weighted by Gasteiger charge is 1.86. The third-order valence-corrected chi connectivity index (χ3v) is 1.21. The lowest BCUT2D eigenvalue weighted by atomic mass is 10.7. The van der Waals surface area contributed by atoms with Gasteiger partial charge in [0.15, 0.2) is 0 Å². The highest BCUT2D eigenvalue weighted by Crippen LogP contribution is 1.76. The minimum absolute atomic E-state index is 0.969. The third-order valence-electron chi connectivity index (χ3n) is 0.870. The van der Waals surface area contributed by atoms with Crippen molar-refractivity contribution in [3.8, 4) is 0 Å². The Labute approximate surface area is 58.8 Å². The molecule has 44 valence electrons. The largest absolute Gasteiger partial charge is 0.293 e. The minimum atomic E-state index is 0.969. The highest BCUT2D eigenvalue weighted by molar-refractivity contribution is 14.1. The first-order valence-corrected chi connectivity index (χ1v) is 3.41. The quantitative estimate of drug-likeness (QED) is 0.425. The van der Waals surface area contributed by atoms with Crippen molar-refractivity contribution in [2.45, 2.75) is 6.92 Å². The molecular weight excluding hydrogens is 203 g/mol. The smallest absolute Gasteiger partial charge is 0.0567 e. The molecule has 0 heterocycles. The summed E-state index contributed by atoms with van der Waals surface area (Å²) in [6.07, 6.45) is 0. The standard InChI is InChI=1S/C4H11IN2/c1-3-7(2)4-6-5/h6H,3-4H2,1-2H3. The van der Waals surface area contributed by atoms with Gasteiger partial charge < -0.3 is 0 Å². The Kier molecular flexibility index (Phi) is 5.25. The van der Waals surface area contributed by atoms with Crippen LogP contribution in [0, 0.1) is 0 Å². The van der Waals surface area contributed by atoms with Gasteiger partial charge in [-0.05, 0) is 13.6 Å².